The van der Waals surface area contributed by atoms with E-state index in [2.05, 4.69) is 11.8 Å². The van der Waals surface area contributed by atoms with Gasteiger partial charge in [0.25, 0.3) is 11.5 Å². The lowest BCUT2D eigenvalue weighted by Crippen LogP contribution is -2.41. The van der Waals surface area contributed by atoms with Crippen molar-refractivity contribution >= 4 is 61.6 Å². The van der Waals surface area contributed by atoms with E-state index in [4.69, 9.17) is 17.2 Å². The molecule has 2 aromatic heterocycles. The Kier molecular flexibility index (Phi) is 6.52. The van der Waals surface area contributed by atoms with E-state index in [1.54, 1.807) is 12.3 Å². The summed E-state index contributed by atoms with van der Waals surface area (Å²) >= 11 is 6.59. The Balaban J connectivity index is 1.63. The normalized spacial score (nSPS) is 25.8. The van der Waals surface area contributed by atoms with Gasteiger partial charge in [-0.1, -0.05) is 37.0 Å². The van der Waals surface area contributed by atoms with Gasteiger partial charge >= 0.3 is 0 Å². The average molecular weight is 533 g/mol. The summed E-state index contributed by atoms with van der Waals surface area (Å²) in [5.74, 6) is 0.237. The van der Waals surface area contributed by atoms with Crippen molar-refractivity contribution in [2.75, 3.05) is 23.0 Å². The van der Waals surface area contributed by atoms with Gasteiger partial charge in [-0.15, -0.1) is 0 Å². The molecule has 5 heterocycles. The zero-order chi connectivity index (χ0) is 24.9. The van der Waals surface area contributed by atoms with E-state index in [-0.39, 0.29) is 29.0 Å². The van der Waals surface area contributed by atoms with Crippen LogP contribution in [0.5, 0.6) is 0 Å². The minimum Gasteiger partial charge on any atom is -0.353 e. The zero-order valence-corrected chi connectivity index (χ0v) is 22.2. The van der Waals surface area contributed by atoms with Crippen molar-refractivity contribution in [2.45, 2.75) is 58.0 Å². The molecular formula is C24H28N4O4S3. The molecule has 2 atom stereocenters. The first-order chi connectivity index (χ1) is 16.7. The second-order valence-electron chi connectivity index (χ2n) is 9.40. The summed E-state index contributed by atoms with van der Waals surface area (Å²) < 4.78 is 25.9. The van der Waals surface area contributed by atoms with Crippen LogP contribution >= 0.6 is 24.0 Å². The van der Waals surface area contributed by atoms with Gasteiger partial charge in [-0.25, -0.2) is 13.4 Å². The molecule has 11 heteroatoms. The van der Waals surface area contributed by atoms with Gasteiger partial charge in [-0.3, -0.25) is 18.9 Å². The minimum absolute atomic E-state index is 0.0561. The molecule has 186 valence electrons. The van der Waals surface area contributed by atoms with Crippen molar-refractivity contribution in [2.24, 2.45) is 0 Å². The number of hydrogen-bond acceptors (Lipinski definition) is 8. The van der Waals surface area contributed by atoms with Crippen molar-refractivity contribution in [1.29, 1.82) is 0 Å². The van der Waals surface area contributed by atoms with Gasteiger partial charge in [0.15, 0.2) is 9.84 Å². The lowest BCUT2D eigenvalue weighted by molar-refractivity contribution is -0.123. The highest BCUT2D eigenvalue weighted by Crippen LogP contribution is 2.37. The molecule has 0 N–H and O–H groups in total. The smallest absolute Gasteiger partial charge is 0.267 e. The Hall–Kier alpha value is -2.24. The van der Waals surface area contributed by atoms with Crippen molar-refractivity contribution in [3.05, 3.63) is 44.7 Å². The molecule has 3 saturated heterocycles. The number of thioether (sulfide) groups is 1. The molecule has 35 heavy (non-hydrogen) atoms. The van der Waals surface area contributed by atoms with Crippen molar-refractivity contribution in [3.63, 3.8) is 0 Å². The van der Waals surface area contributed by atoms with Crippen molar-refractivity contribution in [1.82, 2.24) is 14.3 Å². The van der Waals surface area contributed by atoms with E-state index in [0.29, 0.717) is 32.7 Å². The van der Waals surface area contributed by atoms with Crippen molar-refractivity contribution < 1.29 is 13.2 Å². The van der Waals surface area contributed by atoms with E-state index in [0.717, 1.165) is 49.6 Å². The SMILES string of the molecule is CCC1CCCCN1c1nc2c(C)cccn2c(=O)c1/C=C1/SC(=S)N(C2CCS(=O)(=O)C2)C1=O. The first kappa shape index (κ1) is 24.5. The largest absolute Gasteiger partial charge is 0.353 e. The lowest BCUT2D eigenvalue weighted by atomic mass is 9.99. The van der Waals surface area contributed by atoms with E-state index >= 15 is 0 Å². The van der Waals surface area contributed by atoms with Gasteiger partial charge in [0.2, 0.25) is 0 Å². The van der Waals surface area contributed by atoms with Crippen LogP contribution in [-0.4, -0.2) is 63.1 Å². The second kappa shape index (κ2) is 9.33. The van der Waals surface area contributed by atoms with E-state index < -0.39 is 15.9 Å². The summed E-state index contributed by atoms with van der Waals surface area (Å²) in [5, 5.41) is 0. The quantitative estimate of drug-likeness (QED) is 0.438. The Morgan fingerprint density at radius 1 is 1.26 bits per heavy atom. The standard InChI is InChI=1S/C24H28N4O4S3/c1-3-16-8-4-5-10-26(16)21-18(22(29)27-11-6-7-15(2)20(27)25-21)13-19-23(30)28(24(33)34-19)17-9-12-35(31,32)14-17/h6-7,11,13,16-17H,3-5,8-10,12,14H2,1-2H3/b19-13+. The average Bonchev–Trinajstić information content (AvgIpc) is 3.32. The predicted molar refractivity (Wildman–Crippen MR) is 144 cm³/mol. The maximum absolute atomic E-state index is 13.7. The molecule has 8 nitrogen and oxygen atoms in total. The molecule has 3 aliphatic heterocycles. The molecule has 5 rings (SSSR count). The number of rotatable bonds is 4. The number of hydrogen-bond donors (Lipinski definition) is 0. The summed E-state index contributed by atoms with van der Waals surface area (Å²) in [4.78, 5) is 36.0. The van der Waals surface area contributed by atoms with Crippen LogP contribution in [0.1, 0.15) is 50.2 Å². The van der Waals surface area contributed by atoms with Crippen LogP contribution in [0.15, 0.2) is 28.0 Å². The lowest BCUT2D eigenvalue weighted by Gasteiger charge is -2.37. The predicted octanol–water partition coefficient (Wildman–Crippen LogP) is 3.16. The van der Waals surface area contributed by atoms with E-state index in [1.165, 1.54) is 9.30 Å². The Labute approximate surface area is 214 Å². The van der Waals surface area contributed by atoms with Gasteiger partial charge in [-0.05, 0) is 56.7 Å². The maximum Gasteiger partial charge on any atom is 0.267 e. The van der Waals surface area contributed by atoms with Crippen LogP contribution in [-0.2, 0) is 14.6 Å². The molecule has 0 spiro atoms. The fourth-order valence-electron chi connectivity index (χ4n) is 5.25. The number of aryl methyl sites for hydroxylation is 1. The highest BCUT2D eigenvalue weighted by Gasteiger charge is 2.42. The number of carbonyl (C=O) groups is 1. The van der Waals surface area contributed by atoms with Gasteiger partial charge in [-0.2, -0.15) is 0 Å². The van der Waals surface area contributed by atoms with E-state index in [1.807, 2.05) is 19.1 Å². The van der Waals surface area contributed by atoms with Crippen LogP contribution in [0.4, 0.5) is 5.82 Å². The third kappa shape index (κ3) is 4.42. The molecule has 2 aromatic rings. The fourth-order valence-corrected chi connectivity index (χ4v) is 8.34. The number of sulfone groups is 1. The minimum atomic E-state index is -3.17. The van der Waals surface area contributed by atoms with Gasteiger partial charge in [0.05, 0.1) is 28.0 Å². The second-order valence-corrected chi connectivity index (χ2v) is 13.3. The molecule has 0 bridgehead atoms. The van der Waals surface area contributed by atoms with Crippen LogP contribution < -0.4 is 10.5 Å². The molecule has 0 aromatic carbocycles. The van der Waals surface area contributed by atoms with Crippen LogP contribution in [0, 0.1) is 6.92 Å². The first-order valence-corrected chi connectivity index (χ1v) is 15.0. The molecule has 2 unspecified atom stereocenters. The molecule has 0 radical (unpaired) electrons. The molecule has 3 aliphatic rings. The highest BCUT2D eigenvalue weighted by atomic mass is 32.2. The summed E-state index contributed by atoms with van der Waals surface area (Å²) in [6.07, 6.45) is 7.81. The summed E-state index contributed by atoms with van der Waals surface area (Å²) in [6, 6.07) is 3.56. The Morgan fingerprint density at radius 3 is 2.77 bits per heavy atom. The van der Waals surface area contributed by atoms with Crippen molar-refractivity contribution in [3.8, 4) is 0 Å². The number of anilines is 1. The molecule has 1 amide bonds. The molecular weight excluding hydrogens is 504 g/mol. The van der Waals surface area contributed by atoms with Crippen LogP contribution in [0.3, 0.4) is 0 Å². The fraction of sp³-hybridized carbons (Fsp3) is 0.500. The molecule has 0 aliphatic carbocycles. The number of fused-ring (bicyclic) bond motifs is 1. The van der Waals surface area contributed by atoms with Crippen LogP contribution in [0.2, 0.25) is 0 Å². The number of carbonyl (C=O) groups excluding carboxylic acids is 1. The first-order valence-electron chi connectivity index (χ1n) is 12.0. The number of amides is 1. The van der Waals surface area contributed by atoms with Gasteiger partial charge in [0.1, 0.15) is 15.8 Å². The third-order valence-corrected chi connectivity index (χ3v) is 10.2. The highest BCUT2D eigenvalue weighted by molar-refractivity contribution is 8.26. The monoisotopic (exact) mass is 532 g/mol. The zero-order valence-electron chi connectivity index (χ0n) is 19.8. The number of piperidine rings is 1. The van der Waals surface area contributed by atoms with E-state index in [9.17, 15) is 18.0 Å². The number of nitrogens with zero attached hydrogens (tertiary/aromatic N) is 4. The Morgan fingerprint density at radius 2 is 2.06 bits per heavy atom. The summed E-state index contributed by atoms with van der Waals surface area (Å²) in [5.41, 5.74) is 1.64. The summed E-state index contributed by atoms with van der Waals surface area (Å²) in [6.45, 7) is 4.87. The molecule has 3 fully saturated rings. The number of pyridine rings is 1. The number of thiocarbonyl (C=S) groups is 1. The summed E-state index contributed by atoms with van der Waals surface area (Å²) in [7, 11) is -3.17. The Bertz CT molecular complexity index is 1420. The van der Waals surface area contributed by atoms with Gasteiger partial charge in [0, 0.05) is 18.8 Å². The number of aromatic nitrogens is 2. The van der Waals surface area contributed by atoms with Gasteiger partial charge < -0.3 is 4.90 Å². The maximum atomic E-state index is 13.7. The molecule has 0 saturated carbocycles. The third-order valence-electron chi connectivity index (χ3n) is 7.11. The topological polar surface area (TPSA) is 92.1 Å². The van der Waals surface area contributed by atoms with Crippen LogP contribution in [0.25, 0.3) is 11.7 Å².